The SMILES string of the molecule is CC(C)C(C)CCCO.CCC(C)C(C)CC(O)I. The molecular formula is C16H35IO2. The summed E-state index contributed by atoms with van der Waals surface area (Å²) in [7, 11) is 0. The molecule has 19 heavy (non-hydrogen) atoms. The van der Waals surface area contributed by atoms with Crippen LogP contribution in [-0.2, 0) is 0 Å². The van der Waals surface area contributed by atoms with E-state index in [2.05, 4.69) is 64.1 Å². The lowest BCUT2D eigenvalue weighted by Crippen LogP contribution is -2.11. The van der Waals surface area contributed by atoms with E-state index in [9.17, 15) is 0 Å². The van der Waals surface area contributed by atoms with E-state index in [0.717, 1.165) is 37.0 Å². The summed E-state index contributed by atoms with van der Waals surface area (Å²) in [6, 6.07) is 0. The number of hydrogen-bond donors (Lipinski definition) is 2. The second-order valence-electron chi connectivity index (χ2n) is 6.12. The molecule has 3 heteroatoms. The third kappa shape index (κ3) is 14.9. The van der Waals surface area contributed by atoms with E-state index < -0.39 is 0 Å². The highest BCUT2D eigenvalue weighted by atomic mass is 127. The summed E-state index contributed by atoms with van der Waals surface area (Å²) in [4.78, 5) is 0. The lowest BCUT2D eigenvalue weighted by Gasteiger charge is -2.18. The van der Waals surface area contributed by atoms with Crippen LogP contribution in [0.3, 0.4) is 0 Å². The van der Waals surface area contributed by atoms with Gasteiger partial charge in [0.25, 0.3) is 0 Å². The van der Waals surface area contributed by atoms with Crippen molar-refractivity contribution in [3.63, 3.8) is 0 Å². The normalized spacial score (nSPS) is 17.4. The van der Waals surface area contributed by atoms with Gasteiger partial charge >= 0.3 is 0 Å². The third-order valence-corrected chi connectivity index (χ3v) is 4.65. The fourth-order valence-electron chi connectivity index (χ4n) is 1.69. The van der Waals surface area contributed by atoms with Crippen molar-refractivity contribution >= 4 is 22.6 Å². The molecule has 0 fully saturated rings. The molecule has 0 aliphatic heterocycles. The first-order valence-electron chi connectivity index (χ1n) is 7.69. The Morgan fingerprint density at radius 1 is 0.947 bits per heavy atom. The molecule has 0 saturated heterocycles. The zero-order valence-corrected chi connectivity index (χ0v) is 15.9. The van der Waals surface area contributed by atoms with Crippen molar-refractivity contribution in [1.82, 2.24) is 0 Å². The van der Waals surface area contributed by atoms with E-state index in [1.165, 1.54) is 6.42 Å². The van der Waals surface area contributed by atoms with Crippen LogP contribution in [0.25, 0.3) is 0 Å². The van der Waals surface area contributed by atoms with Crippen molar-refractivity contribution < 1.29 is 10.2 Å². The largest absolute Gasteiger partial charge is 0.396 e. The van der Waals surface area contributed by atoms with Crippen molar-refractivity contribution in [2.75, 3.05) is 6.61 Å². The van der Waals surface area contributed by atoms with E-state index in [1.54, 1.807) is 0 Å². The number of hydrogen-bond acceptors (Lipinski definition) is 2. The summed E-state index contributed by atoms with van der Waals surface area (Å²) < 4.78 is -0.165. The highest BCUT2D eigenvalue weighted by molar-refractivity contribution is 14.1. The molecule has 0 aliphatic carbocycles. The zero-order valence-electron chi connectivity index (χ0n) is 13.7. The topological polar surface area (TPSA) is 40.5 Å². The Hall–Kier alpha value is 0.650. The lowest BCUT2D eigenvalue weighted by molar-refractivity contribution is 0.217. The van der Waals surface area contributed by atoms with Crippen molar-refractivity contribution in [1.29, 1.82) is 0 Å². The molecule has 2 nitrogen and oxygen atoms in total. The van der Waals surface area contributed by atoms with E-state index in [1.807, 2.05) is 0 Å². The smallest absolute Gasteiger partial charge is 0.105 e. The molecule has 0 aliphatic rings. The molecule has 0 spiro atoms. The summed E-state index contributed by atoms with van der Waals surface area (Å²) in [5, 5.41) is 17.6. The molecule has 0 aromatic carbocycles. The molecule has 0 bridgehead atoms. The number of aliphatic hydroxyl groups excluding tert-OH is 2. The maximum absolute atomic E-state index is 9.05. The van der Waals surface area contributed by atoms with Crippen LogP contribution in [0.2, 0.25) is 0 Å². The summed E-state index contributed by atoms with van der Waals surface area (Å²) in [5.74, 6) is 2.91. The second kappa shape index (κ2) is 13.6. The van der Waals surface area contributed by atoms with Gasteiger partial charge in [0.05, 0.1) is 0 Å². The number of halogens is 1. The molecule has 0 amide bonds. The molecule has 118 valence electrons. The van der Waals surface area contributed by atoms with E-state index in [0.29, 0.717) is 12.5 Å². The highest BCUT2D eigenvalue weighted by Gasteiger charge is 2.12. The molecule has 2 N–H and O–H groups in total. The number of rotatable bonds is 8. The van der Waals surface area contributed by atoms with Crippen LogP contribution in [0.5, 0.6) is 0 Å². The van der Waals surface area contributed by atoms with Gasteiger partial charge in [-0.3, -0.25) is 0 Å². The third-order valence-electron chi connectivity index (χ3n) is 4.14. The van der Waals surface area contributed by atoms with Gasteiger partial charge in [0.2, 0.25) is 0 Å². The highest BCUT2D eigenvalue weighted by Crippen LogP contribution is 2.21. The van der Waals surface area contributed by atoms with E-state index in [4.69, 9.17) is 10.2 Å². The Balaban J connectivity index is 0. The molecule has 0 heterocycles. The van der Waals surface area contributed by atoms with Crippen LogP contribution in [0.15, 0.2) is 0 Å². The first-order chi connectivity index (χ1) is 8.76. The van der Waals surface area contributed by atoms with Gasteiger partial charge in [-0.25, -0.2) is 0 Å². The first kappa shape index (κ1) is 21.9. The fraction of sp³-hybridized carbons (Fsp3) is 1.00. The Bertz CT molecular complexity index is 184. The molecule has 4 atom stereocenters. The van der Waals surface area contributed by atoms with Gasteiger partial charge in [0.15, 0.2) is 0 Å². The Labute approximate surface area is 134 Å². The minimum atomic E-state index is -0.165. The van der Waals surface area contributed by atoms with Gasteiger partial charge in [-0.2, -0.15) is 0 Å². The molecule has 0 radical (unpaired) electrons. The minimum Gasteiger partial charge on any atom is -0.396 e. The van der Waals surface area contributed by atoms with Crippen LogP contribution in [0.1, 0.15) is 67.2 Å². The Morgan fingerprint density at radius 2 is 1.47 bits per heavy atom. The van der Waals surface area contributed by atoms with Gasteiger partial charge in [-0.05, 0) is 42.9 Å². The van der Waals surface area contributed by atoms with Crippen molar-refractivity contribution in [2.24, 2.45) is 23.7 Å². The fourth-order valence-corrected chi connectivity index (χ4v) is 2.49. The van der Waals surface area contributed by atoms with Crippen molar-refractivity contribution in [3.8, 4) is 0 Å². The molecule has 0 aromatic rings. The average Bonchev–Trinajstić information content (AvgIpc) is 2.34. The quantitative estimate of drug-likeness (QED) is 0.462. The van der Waals surface area contributed by atoms with Crippen LogP contribution in [0, 0.1) is 23.7 Å². The number of aliphatic hydroxyl groups is 2. The molecular weight excluding hydrogens is 351 g/mol. The van der Waals surface area contributed by atoms with Crippen molar-refractivity contribution in [3.05, 3.63) is 0 Å². The maximum atomic E-state index is 9.05. The van der Waals surface area contributed by atoms with Gasteiger partial charge < -0.3 is 10.2 Å². The lowest BCUT2D eigenvalue weighted by atomic mass is 9.91. The Kier molecular flexibility index (Phi) is 15.7. The van der Waals surface area contributed by atoms with Gasteiger partial charge in [0.1, 0.15) is 4.11 Å². The van der Waals surface area contributed by atoms with E-state index >= 15 is 0 Å². The summed E-state index contributed by atoms with van der Waals surface area (Å²) in [5.41, 5.74) is 0. The monoisotopic (exact) mass is 386 g/mol. The van der Waals surface area contributed by atoms with Gasteiger partial charge in [-0.1, -0.05) is 70.6 Å². The summed E-state index contributed by atoms with van der Waals surface area (Å²) in [6.45, 7) is 13.7. The van der Waals surface area contributed by atoms with Gasteiger partial charge in [-0.15, -0.1) is 0 Å². The van der Waals surface area contributed by atoms with Crippen LogP contribution < -0.4 is 0 Å². The van der Waals surface area contributed by atoms with Crippen molar-refractivity contribution in [2.45, 2.75) is 71.3 Å². The van der Waals surface area contributed by atoms with Gasteiger partial charge in [0, 0.05) is 6.61 Å². The average molecular weight is 386 g/mol. The Morgan fingerprint density at radius 3 is 1.79 bits per heavy atom. The standard InChI is InChI=1S/C8H17IO.C8H18O/c1-4-6(2)7(3)5-8(9)10;1-7(2)8(3)5-4-6-9/h6-8,10H,4-5H2,1-3H3;7-9H,4-6H2,1-3H3. The second-order valence-corrected chi connectivity index (χ2v) is 7.56. The summed E-state index contributed by atoms with van der Waals surface area (Å²) >= 11 is 2.06. The predicted octanol–water partition coefficient (Wildman–Crippen LogP) is 4.86. The van der Waals surface area contributed by atoms with E-state index in [-0.39, 0.29) is 4.11 Å². The molecule has 0 saturated carbocycles. The van der Waals surface area contributed by atoms with Crippen LogP contribution >= 0.6 is 22.6 Å². The minimum absolute atomic E-state index is 0.165. The number of alkyl halides is 1. The maximum Gasteiger partial charge on any atom is 0.105 e. The zero-order chi connectivity index (χ0) is 15.4. The first-order valence-corrected chi connectivity index (χ1v) is 8.93. The molecule has 4 unspecified atom stereocenters. The van der Waals surface area contributed by atoms with Crippen LogP contribution in [0.4, 0.5) is 0 Å². The molecule has 0 rings (SSSR count). The van der Waals surface area contributed by atoms with Crippen LogP contribution in [-0.4, -0.2) is 20.9 Å². The predicted molar refractivity (Wildman–Crippen MR) is 93.6 cm³/mol. The summed E-state index contributed by atoms with van der Waals surface area (Å²) in [6.07, 6.45) is 4.26. The molecule has 0 aromatic heterocycles.